The Kier molecular flexibility index (Phi) is 6.97. The van der Waals surface area contributed by atoms with Crippen molar-refractivity contribution in [3.63, 3.8) is 0 Å². The molecule has 4 heteroatoms. The normalized spacial score (nSPS) is 14.7. The van der Waals surface area contributed by atoms with Crippen LogP contribution >= 0.6 is 15.9 Å². The van der Waals surface area contributed by atoms with Gasteiger partial charge in [0, 0.05) is 16.6 Å². The van der Waals surface area contributed by atoms with Gasteiger partial charge in [0.1, 0.15) is 5.82 Å². The van der Waals surface area contributed by atoms with Crippen LogP contribution in [0, 0.1) is 11.7 Å². The number of nitrogens with one attached hydrogen (secondary N) is 1. The average Bonchev–Trinajstić information content (AvgIpc) is 2.36. The lowest BCUT2D eigenvalue weighted by Crippen LogP contribution is -2.37. The summed E-state index contributed by atoms with van der Waals surface area (Å²) < 4.78 is 20.8. The zero-order valence-corrected chi connectivity index (χ0v) is 13.6. The second kappa shape index (κ2) is 7.98. The molecule has 1 rings (SSSR count). The summed E-state index contributed by atoms with van der Waals surface area (Å²) in [4.78, 5) is 0. The molecule has 0 saturated heterocycles. The van der Waals surface area contributed by atoms with E-state index in [0.717, 1.165) is 11.0 Å². The number of ether oxygens (including phenoxy) is 1. The average molecular weight is 332 g/mol. The van der Waals surface area contributed by atoms with E-state index in [1.165, 1.54) is 6.07 Å². The molecule has 1 aromatic carbocycles. The van der Waals surface area contributed by atoms with E-state index in [4.69, 9.17) is 4.74 Å². The van der Waals surface area contributed by atoms with Crippen molar-refractivity contribution in [3.8, 4) is 0 Å². The topological polar surface area (TPSA) is 21.3 Å². The highest BCUT2D eigenvalue weighted by atomic mass is 79.9. The minimum atomic E-state index is -0.195. The molecular formula is C15H23BrFNO. The number of hydrogen-bond donors (Lipinski definition) is 1. The largest absolute Gasteiger partial charge is 0.376 e. The molecule has 0 aliphatic carbocycles. The molecule has 2 nitrogen and oxygen atoms in total. The molecule has 0 aliphatic rings. The summed E-state index contributed by atoms with van der Waals surface area (Å²) in [5, 5.41) is 3.35. The summed E-state index contributed by atoms with van der Waals surface area (Å²) in [6, 6.07) is 4.90. The second-order valence-corrected chi connectivity index (χ2v) is 5.78. The first-order valence-electron chi connectivity index (χ1n) is 6.81. The zero-order chi connectivity index (χ0) is 14.4. The molecule has 2 unspecified atom stereocenters. The summed E-state index contributed by atoms with van der Waals surface area (Å²) in [5.41, 5.74) is 0.656. The van der Waals surface area contributed by atoms with Gasteiger partial charge in [-0.15, -0.1) is 0 Å². The fourth-order valence-electron chi connectivity index (χ4n) is 2.24. The Morgan fingerprint density at radius 1 is 1.32 bits per heavy atom. The van der Waals surface area contributed by atoms with Gasteiger partial charge in [0.25, 0.3) is 0 Å². The molecule has 0 fully saturated rings. The van der Waals surface area contributed by atoms with Gasteiger partial charge in [0.05, 0.1) is 12.1 Å². The van der Waals surface area contributed by atoms with E-state index in [0.29, 0.717) is 18.1 Å². The lowest BCUT2D eigenvalue weighted by molar-refractivity contribution is 0.00236. The molecule has 2 atom stereocenters. The predicted octanol–water partition coefficient (Wildman–Crippen LogP) is 4.30. The first-order valence-corrected chi connectivity index (χ1v) is 7.60. The predicted molar refractivity (Wildman–Crippen MR) is 80.8 cm³/mol. The van der Waals surface area contributed by atoms with Crippen LogP contribution < -0.4 is 5.32 Å². The summed E-state index contributed by atoms with van der Waals surface area (Å²) in [5.74, 6) is 0.113. The van der Waals surface area contributed by atoms with E-state index in [9.17, 15) is 4.39 Å². The van der Waals surface area contributed by atoms with E-state index >= 15 is 0 Å². The van der Waals surface area contributed by atoms with Gasteiger partial charge in [-0.3, -0.25) is 0 Å². The molecular weight excluding hydrogens is 309 g/mol. The Balaban J connectivity index is 3.13. The smallest absolute Gasteiger partial charge is 0.128 e. The van der Waals surface area contributed by atoms with Crippen LogP contribution in [-0.2, 0) is 4.74 Å². The first kappa shape index (κ1) is 16.6. The van der Waals surface area contributed by atoms with Gasteiger partial charge < -0.3 is 10.1 Å². The molecule has 0 aliphatic heterocycles. The lowest BCUT2D eigenvalue weighted by Gasteiger charge is -2.31. The highest BCUT2D eigenvalue weighted by Crippen LogP contribution is 2.29. The molecule has 0 spiro atoms. The third-order valence-electron chi connectivity index (χ3n) is 3.06. The van der Waals surface area contributed by atoms with E-state index in [-0.39, 0.29) is 18.0 Å². The molecule has 0 bridgehead atoms. The van der Waals surface area contributed by atoms with Crippen molar-refractivity contribution in [2.75, 3.05) is 13.2 Å². The molecule has 1 aromatic rings. The van der Waals surface area contributed by atoms with Crippen molar-refractivity contribution in [1.82, 2.24) is 5.32 Å². The van der Waals surface area contributed by atoms with E-state index in [1.54, 1.807) is 6.07 Å². The van der Waals surface area contributed by atoms with Crippen LogP contribution in [0.1, 0.15) is 39.3 Å². The highest BCUT2D eigenvalue weighted by Gasteiger charge is 2.28. The van der Waals surface area contributed by atoms with Gasteiger partial charge in [-0.25, -0.2) is 4.39 Å². The summed E-state index contributed by atoms with van der Waals surface area (Å²) in [6.45, 7) is 9.58. The second-order valence-electron chi connectivity index (χ2n) is 4.87. The van der Waals surface area contributed by atoms with Crippen LogP contribution in [0.4, 0.5) is 4.39 Å². The van der Waals surface area contributed by atoms with Crippen LogP contribution in [0.5, 0.6) is 0 Å². The maximum atomic E-state index is 14.1. The van der Waals surface area contributed by atoms with Crippen molar-refractivity contribution in [2.24, 2.45) is 5.92 Å². The first-order chi connectivity index (χ1) is 9.01. The maximum Gasteiger partial charge on any atom is 0.128 e. The van der Waals surface area contributed by atoms with Crippen LogP contribution in [0.3, 0.4) is 0 Å². The van der Waals surface area contributed by atoms with Crippen LogP contribution in [-0.4, -0.2) is 19.3 Å². The Hall–Kier alpha value is -0.450. The van der Waals surface area contributed by atoms with Gasteiger partial charge >= 0.3 is 0 Å². The minimum absolute atomic E-state index is 0.0475. The SMILES string of the molecule is CCNC(c1cc(Br)ccc1F)C(OCC)C(C)C. The van der Waals surface area contributed by atoms with Crippen molar-refractivity contribution < 1.29 is 9.13 Å². The fraction of sp³-hybridized carbons (Fsp3) is 0.600. The van der Waals surface area contributed by atoms with E-state index in [2.05, 4.69) is 35.1 Å². The van der Waals surface area contributed by atoms with Gasteiger partial charge in [-0.2, -0.15) is 0 Å². The Bertz CT molecular complexity index is 398. The van der Waals surface area contributed by atoms with Gasteiger partial charge in [0.2, 0.25) is 0 Å². The number of benzene rings is 1. The summed E-state index contributed by atoms with van der Waals surface area (Å²) in [7, 11) is 0. The van der Waals surface area contributed by atoms with Crippen LogP contribution in [0.25, 0.3) is 0 Å². The maximum absolute atomic E-state index is 14.1. The highest BCUT2D eigenvalue weighted by molar-refractivity contribution is 9.10. The molecule has 0 saturated carbocycles. The van der Waals surface area contributed by atoms with Crippen molar-refractivity contribution in [1.29, 1.82) is 0 Å². The van der Waals surface area contributed by atoms with Crippen LogP contribution in [0.15, 0.2) is 22.7 Å². The minimum Gasteiger partial charge on any atom is -0.376 e. The monoisotopic (exact) mass is 331 g/mol. The molecule has 0 radical (unpaired) electrons. The Morgan fingerprint density at radius 2 is 2.00 bits per heavy atom. The summed E-state index contributed by atoms with van der Waals surface area (Å²) in [6.07, 6.45) is -0.0475. The molecule has 19 heavy (non-hydrogen) atoms. The summed E-state index contributed by atoms with van der Waals surface area (Å²) >= 11 is 3.41. The Morgan fingerprint density at radius 3 is 2.53 bits per heavy atom. The van der Waals surface area contributed by atoms with Crippen molar-refractivity contribution in [3.05, 3.63) is 34.1 Å². The van der Waals surface area contributed by atoms with Gasteiger partial charge in [0.15, 0.2) is 0 Å². The fourth-order valence-corrected chi connectivity index (χ4v) is 2.62. The molecule has 1 N–H and O–H groups in total. The third-order valence-corrected chi connectivity index (χ3v) is 3.56. The van der Waals surface area contributed by atoms with Gasteiger partial charge in [-0.05, 0) is 37.6 Å². The number of halogens is 2. The third kappa shape index (κ3) is 4.55. The number of rotatable bonds is 7. The quantitative estimate of drug-likeness (QED) is 0.804. The van der Waals surface area contributed by atoms with Crippen LogP contribution in [0.2, 0.25) is 0 Å². The van der Waals surface area contributed by atoms with E-state index < -0.39 is 0 Å². The number of likely N-dealkylation sites (N-methyl/N-ethyl adjacent to an activating group) is 1. The standard InChI is InChI=1S/C15H23BrFNO/c1-5-18-14(15(10(3)4)19-6-2)12-9-11(16)7-8-13(12)17/h7-10,14-15,18H,5-6H2,1-4H3. The molecule has 0 amide bonds. The molecule has 0 heterocycles. The van der Waals surface area contributed by atoms with Crippen molar-refractivity contribution >= 4 is 15.9 Å². The zero-order valence-electron chi connectivity index (χ0n) is 12.0. The Labute approximate surface area is 123 Å². The molecule has 108 valence electrons. The molecule has 0 aromatic heterocycles. The van der Waals surface area contributed by atoms with Crippen molar-refractivity contribution in [2.45, 2.75) is 39.8 Å². The van der Waals surface area contributed by atoms with E-state index in [1.807, 2.05) is 19.9 Å². The van der Waals surface area contributed by atoms with Gasteiger partial charge in [-0.1, -0.05) is 36.7 Å². The number of hydrogen-bond acceptors (Lipinski definition) is 2. The lowest BCUT2D eigenvalue weighted by atomic mass is 9.93.